The van der Waals surface area contributed by atoms with Gasteiger partial charge in [-0.15, -0.1) is 0 Å². The van der Waals surface area contributed by atoms with Crippen LogP contribution in [0.2, 0.25) is 0 Å². The largest absolute Gasteiger partial charge is 0.490 e. The Morgan fingerprint density at radius 3 is 2.52 bits per heavy atom. The van der Waals surface area contributed by atoms with Gasteiger partial charge in [0.15, 0.2) is 11.5 Å². The van der Waals surface area contributed by atoms with Crippen LogP contribution in [0.3, 0.4) is 0 Å². The van der Waals surface area contributed by atoms with Crippen LogP contribution >= 0.6 is 0 Å². The summed E-state index contributed by atoms with van der Waals surface area (Å²) in [7, 11) is 1.72. The van der Waals surface area contributed by atoms with E-state index in [9.17, 15) is 0 Å². The predicted octanol–water partition coefficient (Wildman–Crippen LogP) is 2.37. The third kappa shape index (κ3) is 5.58. The first-order chi connectivity index (χ1) is 11.3. The van der Waals surface area contributed by atoms with E-state index in [0.717, 1.165) is 42.3 Å². The van der Waals surface area contributed by atoms with Crippen molar-refractivity contribution in [3.63, 3.8) is 0 Å². The van der Waals surface area contributed by atoms with Gasteiger partial charge in [-0.05, 0) is 24.6 Å². The van der Waals surface area contributed by atoms with E-state index in [-0.39, 0.29) is 0 Å². The average Bonchev–Trinajstić information content (AvgIpc) is 2.59. The monoisotopic (exact) mass is 316 g/mol. The first-order valence-electron chi connectivity index (χ1n) is 8.07. The fraction of sp³-hybridized carbons (Fsp3) is 0.368. The van der Waals surface area contributed by atoms with Crippen LogP contribution in [0.1, 0.15) is 18.1 Å². The minimum atomic E-state index is 0.538. The average molecular weight is 316 g/mol. The molecule has 0 heterocycles. The highest BCUT2D eigenvalue weighted by atomic mass is 16.5. The lowest BCUT2D eigenvalue weighted by molar-refractivity contribution is -0.671. The van der Waals surface area contributed by atoms with Crippen LogP contribution in [0.25, 0.3) is 0 Å². The zero-order valence-corrected chi connectivity index (χ0v) is 14.0. The molecule has 0 spiro atoms. The number of benzene rings is 2. The Labute approximate surface area is 138 Å². The zero-order valence-electron chi connectivity index (χ0n) is 14.0. The molecular weight excluding hydrogens is 290 g/mol. The first kappa shape index (κ1) is 17.3. The molecule has 0 radical (unpaired) electrons. The van der Waals surface area contributed by atoms with Gasteiger partial charge in [0, 0.05) is 7.11 Å². The number of nitrogens with two attached hydrogens (primary N) is 1. The van der Waals surface area contributed by atoms with E-state index in [2.05, 4.69) is 23.5 Å². The molecule has 0 aliphatic rings. The molecule has 0 bridgehead atoms. The summed E-state index contributed by atoms with van der Waals surface area (Å²) in [5, 5.41) is 2.21. The minimum absolute atomic E-state index is 0.538. The molecule has 0 amide bonds. The summed E-state index contributed by atoms with van der Waals surface area (Å²) in [6.07, 6.45) is 0. The van der Waals surface area contributed by atoms with Gasteiger partial charge in [0.05, 0.1) is 25.3 Å². The Bertz CT molecular complexity index is 572. The van der Waals surface area contributed by atoms with Crippen molar-refractivity contribution in [3.05, 3.63) is 59.7 Å². The van der Waals surface area contributed by atoms with Gasteiger partial charge in [-0.2, -0.15) is 0 Å². The number of hydrogen-bond donors (Lipinski definition) is 1. The number of quaternary nitrogens is 1. The van der Waals surface area contributed by atoms with Gasteiger partial charge in [0.1, 0.15) is 13.2 Å². The highest BCUT2D eigenvalue weighted by Crippen LogP contribution is 2.31. The van der Waals surface area contributed by atoms with E-state index in [1.54, 1.807) is 7.11 Å². The summed E-state index contributed by atoms with van der Waals surface area (Å²) < 4.78 is 16.9. The molecular formula is C19H26NO3+. The van der Waals surface area contributed by atoms with Gasteiger partial charge in [-0.3, -0.25) is 0 Å². The quantitative estimate of drug-likeness (QED) is 0.685. The van der Waals surface area contributed by atoms with Gasteiger partial charge in [0.25, 0.3) is 0 Å². The molecule has 2 rings (SSSR count). The lowest BCUT2D eigenvalue weighted by atomic mass is 10.1. The van der Waals surface area contributed by atoms with E-state index in [1.807, 2.05) is 37.3 Å². The summed E-state index contributed by atoms with van der Waals surface area (Å²) in [5.41, 5.74) is 2.29. The third-order valence-corrected chi connectivity index (χ3v) is 3.48. The van der Waals surface area contributed by atoms with Crippen LogP contribution in [0.4, 0.5) is 0 Å². The standard InChI is InChI=1S/C19H25NO3/c1-3-22-18-11-7-10-17(14-20-12-13-21-2)19(18)23-15-16-8-5-4-6-9-16/h4-11,20H,3,12-15H2,1-2H3/p+1. The van der Waals surface area contributed by atoms with Gasteiger partial charge < -0.3 is 19.5 Å². The molecule has 0 saturated carbocycles. The molecule has 0 unspecified atom stereocenters. The zero-order chi connectivity index (χ0) is 16.3. The lowest BCUT2D eigenvalue weighted by Gasteiger charge is -2.15. The molecule has 23 heavy (non-hydrogen) atoms. The van der Waals surface area contributed by atoms with Crippen LogP contribution in [0.15, 0.2) is 48.5 Å². The summed E-state index contributed by atoms with van der Waals surface area (Å²) >= 11 is 0. The third-order valence-electron chi connectivity index (χ3n) is 3.48. The number of para-hydroxylation sites is 1. The number of hydrogen-bond acceptors (Lipinski definition) is 3. The molecule has 2 aromatic carbocycles. The van der Waals surface area contributed by atoms with Crippen molar-refractivity contribution in [2.24, 2.45) is 0 Å². The molecule has 0 fully saturated rings. The van der Waals surface area contributed by atoms with Gasteiger partial charge in [-0.25, -0.2) is 0 Å². The van der Waals surface area contributed by atoms with Crippen LogP contribution in [-0.4, -0.2) is 26.9 Å². The fourth-order valence-corrected chi connectivity index (χ4v) is 2.34. The van der Waals surface area contributed by atoms with E-state index in [1.165, 1.54) is 0 Å². The summed E-state index contributed by atoms with van der Waals surface area (Å²) in [5.74, 6) is 1.65. The van der Waals surface area contributed by atoms with Crippen molar-refractivity contribution in [2.75, 3.05) is 26.9 Å². The van der Waals surface area contributed by atoms with Crippen molar-refractivity contribution < 1.29 is 19.5 Å². The highest BCUT2D eigenvalue weighted by molar-refractivity contribution is 5.46. The van der Waals surface area contributed by atoms with Gasteiger partial charge in [-0.1, -0.05) is 36.4 Å². The summed E-state index contributed by atoms with van der Waals surface area (Å²) in [6.45, 7) is 5.65. The molecule has 0 aliphatic heterocycles. The molecule has 2 aromatic rings. The SMILES string of the molecule is CCOc1cccc(C[NH2+]CCOC)c1OCc1ccccc1. The lowest BCUT2D eigenvalue weighted by Crippen LogP contribution is -2.83. The molecule has 0 aromatic heterocycles. The second-order valence-corrected chi connectivity index (χ2v) is 5.23. The van der Waals surface area contributed by atoms with Crippen LogP contribution in [0, 0.1) is 0 Å². The van der Waals surface area contributed by atoms with Crippen LogP contribution in [0.5, 0.6) is 11.5 Å². The van der Waals surface area contributed by atoms with Crippen molar-refractivity contribution >= 4 is 0 Å². The molecule has 0 saturated heterocycles. The van der Waals surface area contributed by atoms with Crippen LogP contribution in [-0.2, 0) is 17.9 Å². The van der Waals surface area contributed by atoms with Crippen molar-refractivity contribution in [1.82, 2.24) is 0 Å². The molecule has 0 aliphatic carbocycles. The van der Waals surface area contributed by atoms with E-state index in [4.69, 9.17) is 14.2 Å². The van der Waals surface area contributed by atoms with E-state index in [0.29, 0.717) is 13.2 Å². The predicted molar refractivity (Wildman–Crippen MR) is 90.8 cm³/mol. The second-order valence-electron chi connectivity index (χ2n) is 5.23. The minimum Gasteiger partial charge on any atom is -0.490 e. The Balaban J connectivity index is 2.08. The van der Waals surface area contributed by atoms with E-state index < -0.39 is 0 Å². The first-order valence-corrected chi connectivity index (χ1v) is 8.07. The normalized spacial score (nSPS) is 10.5. The molecule has 124 valence electrons. The number of ether oxygens (including phenoxy) is 3. The molecule has 4 nitrogen and oxygen atoms in total. The Morgan fingerprint density at radius 1 is 0.957 bits per heavy atom. The van der Waals surface area contributed by atoms with Crippen molar-refractivity contribution in [3.8, 4) is 11.5 Å². The maximum Gasteiger partial charge on any atom is 0.170 e. The van der Waals surface area contributed by atoms with Crippen molar-refractivity contribution in [1.29, 1.82) is 0 Å². The Kier molecular flexibility index (Phi) is 7.43. The highest BCUT2D eigenvalue weighted by Gasteiger charge is 2.12. The molecule has 0 atom stereocenters. The van der Waals surface area contributed by atoms with Crippen molar-refractivity contribution in [2.45, 2.75) is 20.1 Å². The van der Waals surface area contributed by atoms with Gasteiger partial charge in [0.2, 0.25) is 0 Å². The molecule has 4 heteroatoms. The summed E-state index contributed by atoms with van der Waals surface area (Å²) in [6, 6.07) is 16.2. The number of rotatable bonds is 10. The topological polar surface area (TPSA) is 44.3 Å². The van der Waals surface area contributed by atoms with Gasteiger partial charge >= 0.3 is 0 Å². The van der Waals surface area contributed by atoms with Crippen LogP contribution < -0.4 is 14.8 Å². The molecule has 2 N–H and O–H groups in total. The maximum atomic E-state index is 6.09. The Hall–Kier alpha value is -2.04. The summed E-state index contributed by atoms with van der Waals surface area (Å²) in [4.78, 5) is 0. The number of methoxy groups -OCH3 is 1. The smallest absolute Gasteiger partial charge is 0.170 e. The fourth-order valence-electron chi connectivity index (χ4n) is 2.34. The second kappa shape index (κ2) is 9.87. The Morgan fingerprint density at radius 2 is 1.78 bits per heavy atom. The van der Waals surface area contributed by atoms with E-state index >= 15 is 0 Å². The maximum absolute atomic E-state index is 6.09.